The lowest BCUT2D eigenvalue weighted by atomic mass is 10.0. The number of benzene rings is 1. The molecule has 0 spiro atoms. The molecule has 0 aromatic heterocycles. The average Bonchev–Trinajstić information content (AvgIpc) is 2.79. The summed E-state index contributed by atoms with van der Waals surface area (Å²) < 4.78 is 26.1. The molecule has 0 radical (unpaired) electrons. The second-order valence-electron chi connectivity index (χ2n) is 6.92. The van der Waals surface area contributed by atoms with Gasteiger partial charge in [0.2, 0.25) is 3.79 Å². The van der Waals surface area contributed by atoms with Gasteiger partial charge in [-0.05, 0) is 24.6 Å². The molecule has 2 heterocycles. The van der Waals surface area contributed by atoms with Crippen LogP contribution in [0.4, 0.5) is 0 Å². The van der Waals surface area contributed by atoms with Gasteiger partial charge in [-0.3, -0.25) is 23.5 Å². The number of amides is 2. The highest BCUT2D eigenvalue weighted by molar-refractivity contribution is 7.90. The molecule has 2 amide bonds. The summed E-state index contributed by atoms with van der Waals surface area (Å²) in [7, 11) is -1.98. The minimum atomic E-state index is -1.98. The molecule has 1 aromatic rings. The lowest BCUT2D eigenvalue weighted by Crippen LogP contribution is -2.73. The van der Waals surface area contributed by atoms with Gasteiger partial charge in [-0.15, -0.1) is 0 Å². The van der Waals surface area contributed by atoms with Crippen molar-refractivity contribution in [3.05, 3.63) is 52.8 Å². The van der Waals surface area contributed by atoms with Crippen LogP contribution in [-0.4, -0.2) is 61.8 Å². The van der Waals surface area contributed by atoms with Crippen molar-refractivity contribution >= 4 is 69.9 Å². The van der Waals surface area contributed by atoms with Crippen molar-refractivity contribution in [2.24, 2.45) is 0 Å². The van der Waals surface area contributed by atoms with Crippen LogP contribution in [0.5, 0.6) is 5.75 Å². The van der Waals surface area contributed by atoms with Crippen molar-refractivity contribution in [2.75, 3.05) is 13.2 Å². The Labute approximate surface area is 211 Å². The maximum absolute atomic E-state index is 13.1. The van der Waals surface area contributed by atoms with Crippen molar-refractivity contribution in [3.63, 3.8) is 0 Å². The van der Waals surface area contributed by atoms with Crippen molar-refractivity contribution in [3.8, 4) is 5.75 Å². The number of carbonyl (C=O) groups excluding carboxylic acids is 4. The number of para-hydroxylation sites is 1. The molecule has 3 atom stereocenters. The molecular formula is C20H17Cl3N2O8S. The fourth-order valence-corrected chi connectivity index (χ4v) is 5.01. The number of allylic oxidation sites excluding steroid dienone is 1. The van der Waals surface area contributed by atoms with Gasteiger partial charge in [0, 0.05) is 0 Å². The first-order chi connectivity index (χ1) is 16.0. The van der Waals surface area contributed by atoms with Gasteiger partial charge in [-0.25, -0.2) is 4.79 Å². The quantitative estimate of drug-likeness (QED) is 0.170. The van der Waals surface area contributed by atoms with Crippen molar-refractivity contribution in [1.29, 1.82) is 0 Å². The van der Waals surface area contributed by atoms with Gasteiger partial charge < -0.3 is 19.5 Å². The second-order valence-corrected chi connectivity index (χ2v) is 11.0. The van der Waals surface area contributed by atoms with Crippen LogP contribution in [0.2, 0.25) is 0 Å². The molecule has 1 N–H and O–H groups in total. The Morgan fingerprint density at radius 1 is 1.24 bits per heavy atom. The molecule has 2 unspecified atom stereocenters. The molecule has 0 aliphatic carbocycles. The summed E-state index contributed by atoms with van der Waals surface area (Å²) >= 11 is 16.8. The highest BCUT2D eigenvalue weighted by Crippen LogP contribution is 2.40. The summed E-state index contributed by atoms with van der Waals surface area (Å²) in [6.07, 6.45) is 0.887. The standard InChI is InChI=1S/C20H17Cl3N2O8S/c1-11-13(7-31-10-26)34(30)18-15(24-14(27)8-32-12-5-3-2-4-6-12)17(28)25(18)16(11)19(29)33-9-20(21,22)23/h2-7,10,15,18H,8-9H2,1H3,(H,24,27)/t15?,18-,34?/m0/s1. The van der Waals surface area contributed by atoms with Crippen molar-refractivity contribution < 1.29 is 37.6 Å². The molecule has 10 nitrogen and oxygen atoms in total. The van der Waals surface area contributed by atoms with E-state index in [1.54, 1.807) is 30.3 Å². The Morgan fingerprint density at radius 2 is 1.91 bits per heavy atom. The predicted molar refractivity (Wildman–Crippen MR) is 122 cm³/mol. The van der Waals surface area contributed by atoms with E-state index in [1.165, 1.54) is 6.92 Å². The van der Waals surface area contributed by atoms with E-state index in [2.05, 4.69) is 10.1 Å². The SMILES string of the molecule is CC1=C(C(=O)OCC(Cl)(Cl)Cl)N2C(=O)C(NC(=O)COc3ccccc3)[C@@H]2S(=O)C1=COC=O. The molecule has 34 heavy (non-hydrogen) atoms. The summed E-state index contributed by atoms with van der Waals surface area (Å²) in [5, 5.41) is 1.28. The lowest BCUT2D eigenvalue weighted by molar-refractivity contribution is -0.153. The Bertz CT molecular complexity index is 1090. The molecule has 3 rings (SSSR count). The molecule has 1 fully saturated rings. The van der Waals surface area contributed by atoms with E-state index >= 15 is 0 Å². The zero-order valence-corrected chi connectivity index (χ0v) is 20.4. The Balaban J connectivity index is 1.81. The van der Waals surface area contributed by atoms with Gasteiger partial charge >= 0.3 is 5.97 Å². The average molecular weight is 552 g/mol. The number of hydrogen-bond acceptors (Lipinski definition) is 8. The van der Waals surface area contributed by atoms with E-state index < -0.39 is 57.0 Å². The van der Waals surface area contributed by atoms with Gasteiger partial charge in [0.05, 0.1) is 15.7 Å². The zero-order valence-electron chi connectivity index (χ0n) is 17.4. The monoisotopic (exact) mass is 550 g/mol. The minimum Gasteiger partial charge on any atom is -0.484 e. The third-order valence-electron chi connectivity index (χ3n) is 4.67. The van der Waals surface area contributed by atoms with Crippen molar-refractivity contribution in [2.45, 2.75) is 22.1 Å². The number of carbonyl (C=O) groups is 4. The normalized spacial score (nSPS) is 23.1. The Morgan fingerprint density at radius 3 is 2.53 bits per heavy atom. The molecular weight excluding hydrogens is 535 g/mol. The number of alkyl halides is 3. The molecule has 182 valence electrons. The lowest BCUT2D eigenvalue weighted by Gasteiger charge is -2.49. The van der Waals surface area contributed by atoms with E-state index in [-0.39, 0.29) is 22.6 Å². The van der Waals surface area contributed by atoms with Gasteiger partial charge in [-0.2, -0.15) is 0 Å². The second kappa shape index (κ2) is 10.8. The van der Waals surface area contributed by atoms with Crippen LogP contribution < -0.4 is 10.1 Å². The largest absolute Gasteiger partial charge is 0.484 e. The van der Waals surface area contributed by atoms with Crippen LogP contribution in [0.3, 0.4) is 0 Å². The first-order valence-corrected chi connectivity index (χ1v) is 11.8. The minimum absolute atomic E-state index is 0.0521. The number of esters is 1. The molecule has 1 saturated heterocycles. The van der Waals surface area contributed by atoms with Gasteiger partial charge in [-0.1, -0.05) is 53.0 Å². The third-order valence-corrected chi connectivity index (χ3v) is 6.75. The van der Waals surface area contributed by atoms with E-state index in [9.17, 15) is 23.4 Å². The molecule has 14 heteroatoms. The van der Waals surface area contributed by atoms with E-state index in [4.69, 9.17) is 44.3 Å². The summed E-state index contributed by atoms with van der Waals surface area (Å²) in [5.41, 5.74) is -0.230. The Hall–Kier alpha value is -2.60. The van der Waals surface area contributed by atoms with Gasteiger partial charge in [0.15, 0.2) is 6.61 Å². The van der Waals surface area contributed by atoms with Crippen LogP contribution in [0.15, 0.2) is 52.8 Å². The van der Waals surface area contributed by atoms with E-state index in [1.807, 2.05) is 0 Å². The Kier molecular flexibility index (Phi) is 8.24. The molecule has 2 aliphatic heterocycles. The maximum Gasteiger partial charge on any atom is 0.355 e. The number of halogens is 3. The van der Waals surface area contributed by atoms with Gasteiger partial charge in [0.1, 0.15) is 35.7 Å². The highest BCUT2D eigenvalue weighted by atomic mass is 35.6. The number of fused-ring (bicyclic) bond motifs is 1. The van der Waals surface area contributed by atoms with Crippen LogP contribution in [0.25, 0.3) is 0 Å². The van der Waals surface area contributed by atoms with Crippen LogP contribution >= 0.6 is 34.8 Å². The first-order valence-electron chi connectivity index (χ1n) is 9.50. The fraction of sp³-hybridized carbons (Fsp3) is 0.300. The van der Waals surface area contributed by atoms with Crippen LogP contribution in [0, 0.1) is 0 Å². The fourth-order valence-electron chi connectivity index (χ4n) is 3.21. The highest BCUT2D eigenvalue weighted by Gasteiger charge is 2.58. The summed E-state index contributed by atoms with van der Waals surface area (Å²) in [6.45, 7) is 0.449. The summed E-state index contributed by atoms with van der Waals surface area (Å²) in [6, 6.07) is 7.27. The smallest absolute Gasteiger partial charge is 0.355 e. The number of ether oxygens (including phenoxy) is 3. The van der Waals surface area contributed by atoms with Crippen molar-refractivity contribution in [1.82, 2.24) is 10.2 Å². The maximum atomic E-state index is 13.1. The number of rotatable bonds is 8. The molecule has 2 aliphatic rings. The van der Waals surface area contributed by atoms with Crippen LogP contribution in [-0.2, 0) is 39.5 Å². The molecule has 0 saturated carbocycles. The third kappa shape index (κ3) is 5.72. The number of nitrogens with zero attached hydrogens (tertiary/aromatic N) is 1. The summed E-state index contributed by atoms with van der Waals surface area (Å²) in [5.74, 6) is -1.95. The number of nitrogens with one attached hydrogen (secondary N) is 1. The molecule has 0 bridgehead atoms. The summed E-state index contributed by atoms with van der Waals surface area (Å²) in [4.78, 5) is 49.4. The molecule has 1 aromatic carbocycles. The van der Waals surface area contributed by atoms with Crippen LogP contribution in [0.1, 0.15) is 6.92 Å². The van der Waals surface area contributed by atoms with Gasteiger partial charge in [0.25, 0.3) is 18.3 Å². The van der Waals surface area contributed by atoms with E-state index in [0.29, 0.717) is 5.75 Å². The first kappa shape index (κ1) is 26.0. The predicted octanol–water partition coefficient (Wildman–Crippen LogP) is 1.68. The zero-order chi connectivity index (χ0) is 25.0. The number of hydrogen-bond donors (Lipinski definition) is 1. The number of β-lactam (4-membered cyclic amide) rings is 1. The topological polar surface area (TPSA) is 128 Å². The van der Waals surface area contributed by atoms with E-state index in [0.717, 1.165) is 11.2 Å².